The van der Waals surface area contributed by atoms with Gasteiger partial charge in [-0.05, 0) is 23.4 Å². The van der Waals surface area contributed by atoms with Crippen LogP contribution in [0.4, 0.5) is 0 Å². The van der Waals surface area contributed by atoms with Crippen molar-refractivity contribution in [1.29, 1.82) is 0 Å². The Bertz CT molecular complexity index is 794. The van der Waals surface area contributed by atoms with E-state index in [1.165, 1.54) is 4.90 Å². The lowest BCUT2D eigenvalue weighted by Gasteiger charge is -2.12. The summed E-state index contributed by atoms with van der Waals surface area (Å²) in [5.74, 6) is 0.0621. The van der Waals surface area contributed by atoms with Gasteiger partial charge >= 0.3 is 0 Å². The van der Waals surface area contributed by atoms with Gasteiger partial charge in [0.1, 0.15) is 0 Å². The lowest BCUT2D eigenvalue weighted by Crippen LogP contribution is -2.03. The zero-order valence-corrected chi connectivity index (χ0v) is 13.1. The van der Waals surface area contributed by atoms with Crippen molar-refractivity contribution in [2.75, 3.05) is 6.26 Å². The van der Waals surface area contributed by atoms with Gasteiger partial charge in [-0.2, -0.15) is 0 Å². The van der Waals surface area contributed by atoms with Crippen molar-refractivity contribution in [2.24, 2.45) is 0 Å². The van der Waals surface area contributed by atoms with Crippen LogP contribution in [-0.2, 0) is 0 Å². The van der Waals surface area contributed by atoms with Crippen LogP contribution in [0.2, 0.25) is 0 Å². The molecule has 1 nitrogen and oxygen atoms in total. The first-order valence-corrected chi connectivity index (χ1v) is 8.36. The highest BCUT2D eigenvalue weighted by atomic mass is 32.2. The fourth-order valence-corrected chi connectivity index (χ4v) is 3.14. The largest absolute Gasteiger partial charge is 0.289 e. The van der Waals surface area contributed by atoms with Crippen LogP contribution in [0.3, 0.4) is 0 Å². The molecule has 0 saturated heterocycles. The van der Waals surface area contributed by atoms with Crippen molar-refractivity contribution >= 4 is 17.5 Å². The molecule has 3 aromatic carbocycles. The standard InChI is InChI=1S/C20H16OS/c1-22-19-14-8-7-12-17(19)16-11-5-6-13-18(16)20(21)15-9-3-2-4-10-15/h2-14H,1H3. The van der Waals surface area contributed by atoms with Crippen molar-refractivity contribution in [3.8, 4) is 11.1 Å². The van der Waals surface area contributed by atoms with E-state index < -0.39 is 0 Å². The highest BCUT2D eigenvalue weighted by Gasteiger charge is 2.15. The second kappa shape index (κ2) is 6.63. The third-order valence-electron chi connectivity index (χ3n) is 3.60. The average Bonchev–Trinajstić information content (AvgIpc) is 2.62. The van der Waals surface area contributed by atoms with Crippen molar-refractivity contribution in [3.05, 3.63) is 90.0 Å². The van der Waals surface area contributed by atoms with Crippen LogP contribution in [0.15, 0.2) is 83.8 Å². The summed E-state index contributed by atoms with van der Waals surface area (Å²) in [4.78, 5) is 14.0. The summed E-state index contributed by atoms with van der Waals surface area (Å²) in [6.45, 7) is 0. The Morgan fingerprint density at radius 2 is 1.32 bits per heavy atom. The normalized spacial score (nSPS) is 10.4. The summed E-state index contributed by atoms with van der Waals surface area (Å²) in [5.41, 5.74) is 3.56. The maximum atomic E-state index is 12.8. The first-order chi connectivity index (χ1) is 10.8. The molecule has 0 aliphatic carbocycles. The minimum atomic E-state index is 0.0621. The molecule has 108 valence electrons. The Hall–Kier alpha value is -2.32. The SMILES string of the molecule is CSc1ccccc1-c1ccccc1C(=O)c1ccccc1. The number of carbonyl (C=O) groups is 1. The first kappa shape index (κ1) is 14.6. The number of rotatable bonds is 4. The van der Waals surface area contributed by atoms with Gasteiger partial charge in [-0.25, -0.2) is 0 Å². The molecule has 0 unspecified atom stereocenters. The molecule has 0 radical (unpaired) electrons. The molecule has 0 aliphatic rings. The van der Waals surface area contributed by atoms with Gasteiger partial charge in [-0.3, -0.25) is 4.79 Å². The maximum absolute atomic E-state index is 12.8. The Balaban J connectivity index is 2.13. The van der Waals surface area contributed by atoms with Crippen molar-refractivity contribution in [2.45, 2.75) is 4.90 Å². The quantitative estimate of drug-likeness (QED) is 0.480. The fourth-order valence-electron chi connectivity index (χ4n) is 2.53. The van der Waals surface area contributed by atoms with E-state index >= 15 is 0 Å². The second-order valence-corrected chi connectivity index (χ2v) is 5.79. The van der Waals surface area contributed by atoms with Crippen LogP contribution >= 0.6 is 11.8 Å². The summed E-state index contributed by atoms with van der Waals surface area (Å²) >= 11 is 1.70. The van der Waals surface area contributed by atoms with E-state index in [1.807, 2.05) is 66.7 Å². The highest BCUT2D eigenvalue weighted by molar-refractivity contribution is 7.98. The van der Waals surface area contributed by atoms with E-state index in [4.69, 9.17) is 0 Å². The Morgan fingerprint density at radius 3 is 2.05 bits per heavy atom. The molecule has 3 rings (SSSR count). The van der Waals surface area contributed by atoms with Gasteiger partial charge in [0.15, 0.2) is 5.78 Å². The molecule has 2 heteroatoms. The summed E-state index contributed by atoms with van der Waals surface area (Å²) in [6.07, 6.45) is 2.06. The highest BCUT2D eigenvalue weighted by Crippen LogP contribution is 2.33. The smallest absolute Gasteiger partial charge is 0.193 e. The summed E-state index contributed by atoms with van der Waals surface area (Å²) < 4.78 is 0. The number of hydrogen-bond donors (Lipinski definition) is 0. The van der Waals surface area contributed by atoms with Gasteiger partial charge in [-0.15, -0.1) is 11.8 Å². The average molecular weight is 304 g/mol. The van der Waals surface area contributed by atoms with Gasteiger partial charge in [-0.1, -0.05) is 72.8 Å². The minimum absolute atomic E-state index is 0.0621. The van der Waals surface area contributed by atoms with Gasteiger partial charge in [0, 0.05) is 16.0 Å². The number of benzene rings is 3. The molecule has 0 spiro atoms. The first-order valence-electron chi connectivity index (χ1n) is 7.13. The zero-order valence-electron chi connectivity index (χ0n) is 12.3. The van der Waals surface area contributed by atoms with Crippen LogP contribution in [-0.4, -0.2) is 12.0 Å². The molecule has 0 saturated carbocycles. The minimum Gasteiger partial charge on any atom is -0.289 e. The number of carbonyl (C=O) groups excluding carboxylic acids is 1. The van der Waals surface area contributed by atoms with Crippen molar-refractivity contribution in [1.82, 2.24) is 0 Å². The van der Waals surface area contributed by atoms with Crippen LogP contribution in [0.25, 0.3) is 11.1 Å². The molecule has 0 N–H and O–H groups in total. The lowest BCUT2D eigenvalue weighted by molar-refractivity contribution is 0.103. The summed E-state index contributed by atoms with van der Waals surface area (Å²) in [6, 6.07) is 25.5. The van der Waals surface area contributed by atoms with Gasteiger partial charge < -0.3 is 0 Å². The van der Waals surface area contributed by atoms with E-state index in [9.17, 15) is 4.79 Å². The fraction of sp³-hybridized carbons (Fsp3) is 0.0500. The zero-order chi connectivity index (χ0) is 15.4. The third kappa shape index (κ3) is 2.83. The molecule has 0 atom stereocenters. The van der Waals surface area contributed by atoms with E-state index in [1.54, 1.807) is 11.8 Å². The molecule has 0 aliphatic heterocycles. The van der Waals surface area contributed by atoms with Crippen LogP contribution in [0.1, 0.15) is 15.9 Å². The number of ketones is 1. The molecule has 0 heterocycles. The topological polar surface area (TPSA) is 17.1 Å². The Kier molecular flexibility index (Phi) is 4.40. The molecule has 3 aromatic rings. The lowest BCUT2D eigenvalue weighted by atomic mass is 9.94. The molecule has 0 amide bonds. The second-order valence-electron chi connectivity index (χ2n) is 4.94. The Labute approximate surface area is 135 Å². The maximum Gasteiger partial charge on any atom is 0.193 e. The number of hydrogen-bond acceptors (Lipinski definition) is 2. The molecular weight excluding hydrogens is 288 g/mol. The number of thioether (sulfide) groups is 1. The predicted molar refractivity (Wildman–Crippen MR) is 93.5 cm³/mol. The molecule has 0 bridgehead atoms. The molecule has 0 aromatic heterocycles. The monoisotopic (exact) mass is 304 g/mol. The van der Waals surface area contributed by atoms with Crippen LogP contribution < -0.4 is 0 Å². The van der Waals surface area contributed by atoms with Crippen molar-refractivity contribution in [3.63, 3.8) is 0 Å². The Morgan fingerprint density at radius 1 is 0.727 bits per heavy atom. The van der Waals surface area contributed by atoms with Crippen LogP contribution in [0, 0.1) is 0 Å². The third-order valence-corrected chi connectivity index (χ3v) is 4.40. The predicted octanol–water partition coefficient (Wildman–Crippen LogP) is 5.31. The molecule has 22 heavy (non-hydrogen) atoms. The summed E-state index contributed by atoms with van der Waals surface area (Å²) in [5, 5.41) is 0. The van der Waals surface area contributed by atoms with Crippen molar-refractivity contribution < 1.29 is 4.79 Å². The summed E-state index contributed by atoms with van der Waals surface area (Å²) in [7, 11) is 0. The van der Waals surface area contributed by atoms with Gasteiger partial charge in [0.05, 0.1) is 0 Å². The molecular formula is C20H16OS. The van der Waals surface area contributed by atoms with E-state index in [-0.39, 0.29) is 5.78 Å². The van der Waals surface area contributed by atoms with E-state index in [0.29, 0.717) is 0 Å². The van der Waals surface area contributed by atoms with E-state index in [2.05, 4.69) is 18.4 Å². The van der Waals surface area contributed by atoms with Gasteiger partial charge in [0.25, 0.3) is 0 Å². The van der Waals surface area contributed by atoms with Gasteiger partial charge in [0.2, 0.25) is 0 Å². The van der Waals surface area contributed by atoms with E-state index in [0.717, 1.165) is 22.3 Å². The molecule has 0 fully saturated rings. The van der Waals surface area contributed by atoms with Crippen LogP contribution in [0.5, 0.6) is 0 Å².